The Balaban J connectivity index is 1.95. The maximum absolute atomic E-state index is 6.26. The Morgan fingerprint density at radius 2 is 2.05 bits per heavy atom. The summed E-state index contributed by atoms with van der Waals surface area (Å²) in [4.78, 5) is 6.69. The molecular weight excluding hydrogens is 408 g/mol. The van der Waals surface area contributed by atoms with Gasteiger partial charge in [0.05, 0.1) is 5.69 Å². The van der Waals surface area contributed by atoms with E-state index in [-0.39, 0.29) is 0 Å². The first-order valence-electron chi connectivity index (χ1n) is 6.22. The van der Waals surface area contributed by atoms with Crippen molar-refractivity contribution in [1.82, 2.24) is 4.98 Å². The Morgan fingerprint density at radius 1 is 1.30 bits per heavy atom. The van der Waals surface area contributed by atoms with Gasteiger partial charge in [-0.2, -0.15) is 0 Å². The molecule has 0 radical (unpaired) electrons. The fraction of sp³-hybridized carbons (Fsp3) is 0.214. The molecule has 2 heterocycles. The summed E-state index contributed by atoms with van der Waals surface area (Å²) in [5.41, 5.74) is 2.06. The molecule has 1 N–H and O–H groups in total. The zero-order valence-electron chi connectivity index (χ0n) is 10.5. The van der Waals surface area contributed by atoms with Crippen molar-refractivity contribution in [3.05, 3.63) is 49.6 Å². The van der Waals surface area contributed by atoms with E-state index in [0.29, 0.717) is 16.6 Å². The van der Waals surface area contributed by atoms with Gasteiger partial charge in [-0.1, -0.05) is 29.3 Å². The second-order valence-electron chi connectivity index (χ2n) is 4.57. The van der Waals surface area contributed by atoms with Crippen LogP contribution in [0.15, 0.2) is 30.5 Å². The first-order valence-corrected chi connectivity index (χ1v) is 8.06. The lowest BCUT2D eigenvalue weighted by Crippen LogP contribution is -2.34. The first-order chi connectivity index (χ1) is 9.65. The maximum atomic E-state index is 6.26. The van der Waals surface area contributed by atoms with Gasteiger partial charge in [-0.25, -0.2) is 4.98 Å². The van der Waals surface area contributed by atoms with Crippen molar-refractivity contribution >= 4 is 57.3 Å². The number of aromatic nitrogens is 1. The molecule has 0 aliphatic carbocycles. The van der Waals surface area contributed by atoms with Gasteiger partial charge in [0, 0.05) is 45.0 Å². The molecule has 6 heteroatoms. The second-order valence-corrected chi connectivity index (χ2v) is 6.63. The van der Waals surface area contributed by atoms with Crippen LogP contribution < -0.4 is 10.2 Å². The molecular formula is C14H12Cl2IN3. The van der Waals surface area contributed by atoms with E-state index in [2.05, 4.69) is 43.9 Å². The molecule has 2 aromatic rings. The van der Waals surface area contributed by atoms with Gasteiger partial charge in [-0.3, -0.25) is 0 Å². The van der Waals surface area contributed by atoms with Crippen molar-refractivity contribution in [1.29, 1.82) is 0 Å². The van der Waals surface area contributed by atoms with E-state index in [9.17, 15) is 0 Å². The SMILES string of the molecule is Clc1cccc(Cl)c1CN1CCNc2ncc(I)cc21. The molecule has 0 unspecified atom stereocenters. The van der Waals surface area contributed by atoms with E-state index in [4.69, 9.17) is 23.2 Å². The van der Waals surface area contributed by atoms with E-state index < -0.39 is 0 Å². The quantitative estimate of drug-likeness (QED) is 0.730. The van der Waals surface area contributed by atoms with E-state index in [1.165, 1.54) is 0 Å². The summed E-state index contributed by atoms with van der Waals surface area (Å²) in [6.07, 6.45) is 1.86. The smallest absolute Gasteiger partial charge is 0.149 e. The minimum absolute atomic E-state index is 0.689. The Kier molecular flexibility index (Phi) is 4.23. The van der Waals surface area contributed by atoms with Crippen LogP contribution in [0.3, 0.4) is 0 Å². The highest BCUT2D eigenvalue weighted by Crippen LogP contribution is 2.32. The summed E-state index contributed by atoms with van der Waals surface area (Å²) in [7, 11) is 0. The van der Waals surface area contributed by atoms with Gasteiger partial charge in [-0.15, -0.1) is 0 Å². The number of anilines is 2. The van der Waals surface area contributed by atoms with Crippen molar-refractivity contribution in [2.45, 2.75) is 6.54 Å². The van der Waals surface area contributed by atoms with Gasteiger partial charge in [0.15, 0.2) is 0 Å². The number of nitrogens with one attached hydrogen (secondary N) is 1. The molecule has 0 atom stereocenters. The van der Waals surface area contributed by atoms with Crippen LogP contribution >= 0.6 is 45.8 Å². The Morgan fingerprint density at radius 3 is 2.80 bits per heavy atom. The summed E-state index contributed by atoms with van der Waals surface area (Å²) in [6.45, 7) is 2.45. The predicted molar refractivity (Wildman–Crippen MR) is 93.0 cm³/mol. The van der Waals surface area contributed by atoms with E-state index in [1.807, 2.05) is 24.4 Å². The van der Waals surface area contributed by atoms with Crippen LogP contribution in [0.4, 0.5) is 11.5 Å². The molecule has 1 aliphatic heterocycles. The number of halogens is 3. The summed E-state index contributed by atoms with van der Waals surface area (Å²) in [6, 6.07) is 7.74. The summed E-state index contributed by atoms with van der Waals surface area (Å²) in [5, 5.41) is 4.72. The summed E-state index contributed by atoms with van der Waals surface area (Å²) >= 11 is 14.8. The number of rotatable bonds is 2. The number of hydrogen-bond acceptors (Lipinski definition) is 3. The number of benzene rings is 1. The van der Waals surface area contributed by atoms with Gasteiger partial charge < -0.3 is 10.2 Å². The minimum atomic E-state index is 0.689. The molecule has 0 bridgehead atoms. The fourth-order valence-corrected chi connectivity index (χ4v) is 3.23. The minimum Gasteiger partial charge on any atom is -0.367 e. The number of fused-ring (bicyclic) bond motifs is 1. The lowest BCUT2D eigenvalue weighted by Gasteiger charge is -2.31. The van der Waals surface area contributed by atoms with Crippen molar-refractivity contribution in [3.8, 4) is 0 Å². The van der Waals surface area contributed by atoms with Crippen LogP contribution in [-0.4, -0.2) is 18.1 Å². The Bertz CT molecular complexity index is 628. The highest BCUT2D eigenvalue weighted by atomic mass is 127. The van der Waals surface area contributed by atoms with Crippen LogP contribution in [0.25, 0.3) is 0 Å². The molecule has 0 spiro atoms. The monoisotopic (exact) mass is 419 g/mol. The molecule has 104 valence electrons. The average molecular weight is 420 g/mol. The molecule has 0 saturated carbocycles. The average Bonchev–Trinajstić information content (AvgIpc) is 2.43. The zero-order chi connectivity index (χ0) is 14.1. The number of nitrogens with zero attached hydrogens (tertiary/aromatic N) is 2. The van der Waals surface area contributed by atoms with Crippen molar-refractivity contribution in [2.24, 2.45) is 0 Å². The molecule has 0 fully saturated rings. The molecule has 3 nitrogen and oxygen atoms in total. The summed E-state index contributed by atoms with van der Waals surface area (Å²) in [5.74, 6) is 0.917. The van der Waals surface area contributed by atoms with Gasteiger partial charge in [-0.05, 0) is 40.8 Å². The third-order valence-electron chi connectivity index (χ3n) is 3.26. The van der Waals surface area contributed by atoms with Crippen molar-refractivity contribution in [2.75, 3.05) is 23.3 Å². The van der Waals surface area contributed by atoms with Crippen molar-refractivity contribution < 1.29 is 0 Å². The molecule has 1 aromatic heterocycles. The fourth-order valence-electron chi connectivity index (χ4n) is 2.27. The molecule has 0 saturated heterocycles. The van der Waals surface area contributed by atoms with Gasteiger partial charge in [0.25, 0.3) is 0 Å². The third kappa shape index (κ3) is 2.82. The van der Waals surface area contributed by atoms with Crippen LogP contribution in [0.2, 0.25) is 10.0 Å². The lowest BCUT2D eigenvalue weighted by atomic mass is 10.1. The zero-order valence-corrected chi connectivity index (χ0v) is 14.2. The van der Waals surface area contributed by atoms with Gasteiger partial charge in [0.1, 0.15) is 5.82 Å². The molecule has 1 aromatic carbocycles. The normalized spacial score (nSPS) is 13.8. The third-order valence-corrected chi connectivity index (χ3v) is 4.56. The molecule has 20 heavy (non-hydrogen) atoms. The van der Waals surface area contributed by atoms with Crippen molar-refractivity contribution in [3.63, 3.8) is 0 Å². The number of hydrogen-bond donors (Lipinski definition) is 1. The molecule has 1 aliphatic rings. The molecule has 3 rings (SSSR count). The van der Waals surface area contributed by atoms with E-state index in [0.717, 1.165) is 33.7 Å². The van der Waals surface area contributed by atoms with Crippen LogP contribution in [-0.2, 0) is 6.54 Å². The highest BCUT2D eigenvalue weighted by Gasteiger charge is 2.20. The predicted octanol–water partition coefficient (Wildman–Crippen LogP) is 4.43. The van der Waals surface area contributed by atoms with Gasteiger partial charge >= 0.3 is 0 Å². The number of pyridine rings is 1. The van der Waals surface area contributed by atoms with Crippen LogP contribution in [0, 0.1) is 3.57 Å². The Hall–Kier alpha value is -0.720. The maximum Gasteiger partial charge on any atom is 0.149 e. The van der Waals surface area contributed by atoms with E-state index in [1.54, 1.807) is 0 Å². The summed E-state index contributed by atoms with van der Waals surface area (Å²) < 4.78 is 1.11. The second kappa shape index (κ2) is 5.95. The standard InChI is InChI=1S/C14H12Cl2IN3/c15-11-2-1-3-12(16)10(11)8-20-5-4-18-14-13(20)6-9(17)7-19-14/h1-3,6-7H,4-5,8H2,(H,18,19). The first kappa shape index (κ1) is 14.2. The van der Waals surface area contributed by atoms with E-state index >= 15 is 0 Å². The Labute approximate surface area is 141 Å². The van der Waals surface area contributed by atoms with Gasteiger partial charge in [0.2, 0.25) is 0 Å². The topological polar surface area (TPSA) is 28.2 Å². The largest absolute Gasteiger partial charge is 0.367 e. The van der Waals surface area contributed by atoms with Crippen LogP contribution in [0.1, 0.15) is 5.56 Å². The highest BCUT2D eigenvalue weighted by molar-refractivity contribution is 14.1. The molecule has 0 amide bonds. The van der Waals surface area contributed by atoms with Crippen LogP contribution in [0.5, 0.6) is 0 Å². The lowest BCUT2D eigenvalue weighted by molar-refractivity contribution is 0.780.